The quantitative estimate of drug-likeness (QED) is 0.329. The first kappa shape index (κ1) is 27.7. The number of anilines is 2. The lowest BCUT2D eigenvalue weighted by molar-refractivity contribution is -0.114. The minimum atomic E-state index is -4.07. The first-order valence-electron chi connectivity index (χ1n) is 11.8. The van der Waals surface area contributed by atoms with Crippen molar-refractivity contribution in [3.05, 3.63) is 84.4 Å². The third-order valence-electron chi connectivity index (χ3n) is 5.31. The number of hydrogen-bond acceptors (Lipinski definition) is 6. The minimum absolute atomic E-state index is 0.0486. The Morgan fingerprint density at radius 3 is 2.27 bits per heavy atom. The Morgan fingerprint density at radius 2 is 1.59 bits per heavy atom. The largest absolute Gasteiger partial charge is 0.494 e. The number of para-hydroxylation sites is 1. The van der Waals surface area contributed by atoms with Gasteiger partial charge in [-0.3, -0.25) is 13.9 Å². The Morgan fingerprint density at radius 1 is 0.919 bits per heavy atom. The molecule has 196 valence electrons. The topological polar surface area (TPSA) is 114 Å². The molecular weight excluding hydrogens is 494 g/mol. The van der Waals surface area contributed by atoms with E-state index in [-0.39, 0.29) is 22.1 Å². The lowest BCUT2D eigenvalue weighted by Gasteiger charge is -2.24. The molecule has 0 unspecified atom stereocenters. The van der Waals surface area contributed by atoms with E-state index < -0.39 is 22.5 Å². The van der Waals surface area contributed by atoms with E-state index in [4.69, 9.17) is 9.47 Å². The number of carbonyl (C=O) groups excluding carboxylic acids is 2. The number of nitrogens with zero attached hydrogens (tertiary/aromatic N) is 1. The van der Waals surface area contributed by atoms with Crippen LogP contribution in [0.1, 0.15) is 23.7 Å². The van der Waals surface area contributed by atoms with Crippen molar-refractivity contribution < 1.29 is 27.5 Å². The number of benzene rings is 3. The highest BCUT2D eigenvalue weighted by atomic mass is 32.2. The summed E-state index contributed by atoms with van der Waals surface area (Å²) in [4.78, 5) is 25.8. The van der Waals surface area contributed by atoms with Gasteiger partial charge in [-0.05, 0) is 61.9 Å². The van der Waals surface area contributed by atoms with E-state index >= 15 is 0 Å². The molecule has 0 spiro atoms. The summed E-state index contributed by atoms with van der Waals surface area (Å²) >= 11 is 0. The zero-order valence-corrected chi connectivity index (χ0v) is 21.7. The van der Waals surface area contributed by atoms with Crippen LogP contribution in [-0.2, 0) is 19.6 Å². The van der Waals surface area contributed by atoms with Gasteiger partial charge in [0.1, 0.15) is 12.3 Å². The summed E-state index contributed by atoms with van der Waals surface area (Å²) in [6.07, 6.45) is 0.644. The lowest BCUT2D eigenvalue weighted by atomic mass is 10.1. The summed E-state index contributed by atoms with van der Waals surface area (Å²) < 4.78 is 38.5. The third-order valence-corrected chi connectivity index (χ3v) is 7.10. The van der Waals surface area contributed by atoms with Crippen LogP contribution in [0.3, 0.4) is 0 Å². The van der Waals surface area contributed by atoms with Crippen LogP contribution in [0.25, 0.3) is 0 Å². The maximum atomic E-state index is 13.5. The van der Waals surface area contributed by atoms with Gasteiger partial charge in [0.15, 0.2) is 0 Å². The maximum absolute atomic E-state index is 13.5. The molecule has 3 aromatic carbocycles. The number of nitrogens with one attached hydrogen (secondary N) is 2. The van der Waals surface area contributed by atoms with E-state index in [9.17, 15) is 18.0 Å². The summed E-state index contributed by atoms with van der Waals surface area (Å²) in [6, 6.07) is 20.9. The van der Waals surface area contributed by atoms with Gasteiger partial charge in [0.25, 0.3) is 15.9 Å². The second kappa shape index (κ2) is 13.4. The number of methoxy groups -OCH3 is 1. The molecule has 3 aromatic rings. The lowest BCUT2D eigenvalue weighted by Crippen LogP contribution is -2.38. The van der Waals surface area contributed by atoms with E-state index in [0.717, 1.165) is 4.31 Å². The molecule has 0 saturated heterocycles. The van der Waals surface area contributed by atoms with E-state index in [1.807, 2.05) is 6.92 Å². The molecule has 0 aliphatic rings. The predicted octanol–water partition coefficient (Wildman–Crippen LogP) is 3.69. The van der Waals surface area contributed by atoms with Gasteiger partial charge in [0.2, 0.25) is 5.91 Å². The summed E-state index contributed by atoms with van der Waals surface area (Å²) in [7, 11) is -2.49. The average Bonchev–Trinajstić information content (AvgIpc) is 2.91. The Hall–Kier alpha value is -3.89. The van der Waals surface area contributed by atoms with Gasteiger partial charge in [-0.2, -0.15) is 0 Å². The third kappa shape index (κ3) is 7.55. The zero-order chi connectivity index (χ0) is 26.7. The first-order valence-corrected chi connectivity index (χ1v) is 13.3. The highest BCUT2D eigenvalue weighted by molar-refractivity contribution is 7.92. The van der Waals surface area contributed by atoms with Crippen LogP contribution in [-0.4, -0.2) is 53.6 Å². The zero-order valence-electron chi connectivity index (χ0n) is 20.8. The molecule has 0 fully saturated rings. The molecule has 3 rings (SSSR count). The van der Waals surface area contributed by atoms with Crippen molar-refractivity contribution in [3.63, 3.8) is 0 Å². The highest BCUT2D eigenvalue weighted by Gasteiger charge is 2.27. The summed E-state index contributed by atoms with van der Waals surface area (Å²) in [6.45, 7) is 2.73. The minimum Gasteiger partial charge on any atom is -0.494 e. The molecular formula is C27H31N3O6S. The SMILES string of the molecule is CCOc1ccc(N(CC(=O)Nc2ccccc2C(=O)NCCCOC)S(=O)(=O)c2ccccc2)cc1. The molecule has 0 heterocycles. The predicted molar refractivity (Wildman–Crippen MR) is 142 cm³/mol. The van der Waals surface area contributed by atoms with Crippen LogP contribution < -0.4 is 19.7 Å². The molecule has 10 heteroatoms. The second-order valence-corrected chi connectivity index (χ2v) is 9.81. The number of ether oxygens (including phenoxy) is 2. The first-order chi connectivity index (χ1) is 17.9. The number of hydrogen-bond donors (Lipinski definition) is 2. The Labute approximate surface area is 217 Å². The van der Waals surface area contributed by atoms with Crippen molar-refractivity contribution in [2.45, 2.75) is 18.2 Å². The van der Waals surface area contributed by atoms with Gasteiger partial charge in [-0.15, -0.1) is 0 Å². The molecule has 0 aliphatic heterocycles. The Kier molecular flexibility index (Phi) is 10.0. The van der Waals surface area contributed by atoms with Crippen LogP contribution in [0.5, 0.6) is 5.75 Å². The molecule has 2 amide bonds. The smallest absolute Gasteiger partial charge is 0.264 e. The molecule has 0 aromatic heterocycles. The number of carbonyl (C=O) groups is 2. The fourth-order valence-electron chi connectivity index (χ4n) is 3.53. The van der Waals surface area contributed by atoms with Crippen molar-refractivity contribution >= 4 is 33.2 Å². The van der Waals surface area contributed by atoms with Crippen LogP contribution in [0.15, 0.2) is 83.8 Å². The number of sulfonamides is 1. The summed E-state index contributed by atoms with van der Waals surface area (Å²) in [5.74, 6) is -0.376. The van der Waals surface area contributed by atoms with Gasteiger partial charge < -0.3 is 20.1 Å². The summed E-state index contributed by atoms with van der Waals surface area (Å²) in [5.41, 5.74) is 0.846. The van der Waals surface area contributed by atoms with Crippen molar-refractivity contribution in [2.24, 2.45) is 0 Å². The van der Waals surface area contributed by atoms with Crippen molar-refractivity contribution in [2.75, 3.05) is 43.0 Å². The molecule has 0 radical (unpaired) electrons. The maximum Gasteiger partial charge on any atom is 0.264 e. The van der Waals surface area contributed by atoms with Crippen LogP contribution in [0.2, 0.25) is 0 Å². The molecule has 2 N–H and O–H groups in total. The standard InChI is InChI=1S/C27H31N3O6S/c1-3-36-22-16-14-21(15-17-22)30(37(33,34)23-10-5-4-6-11-23)20-26(31)29-25-13-8-7-12-24(25)27(32)28-18-9-19-35-2/h4-8,10-17H,3,9,18-20H2,1-2H3,(H,28,32)(H,29,31). The van der Waals surface area contributed by atoms with Gasteiger partial charge in [0.05, 0.1) is 28.4 Å². The van der Waals surface area contributed by atoms with Crippen LogP contribution >= 0.6 is 0 Å². The second-order valence-electron chi connectivity index (χ2n) is 7.95. The van der Waals surface area contributed by atoms with E-state index in [1.54, 1.807) is 73.8 Å². The van der Waals surface area contributed by atoms with Crippen LogP contribution in [0, 0.1) is 0 Å². The summed E-state index contributed by atoms with van der Waals surface area (Å²) in [5, 5.41) is 5.48. The molecule has 37 heavy (non-hydrogen) atoms. The normalized spacial score (nSPS) is 11.0. The van der Waals surface area contributed by atoms with Gasteiger partial charge in [-0.1, -0.05) is 30.3 Å². The van der Waals surface area contributed by atoms with Gasteiger partial charge in [0, 0.05) is 20.3 Å². The monoisotopic (exact) mass is 525 g/mol. The van der Waals surface area contributed by atoms with E-state index in [1.165, 1.54) is 12.1 Å². The van der Waals surface area contributed by atoms with E-state index in [0.29, 0.717) is 37.6 Å². The Bertz CT molecular complexity index is 1280. The fourth-order valence-corrected chi connectivity index (χ4v) is 4.98. The van der Waals surface area contributed by atoms with Crippen LogP contribution in [0.4, 0.5) is 11.4 Å². The van der Waals surface area contributed by atoms with Crippen molar-refractivity contribution in [1.82, 2.24) is 5.32 Å². The van der Waals surface area contributed by atoms with E-state index in [2.05, 4.69) is 10.6 Å². The molecule has 0 bridgehead atoms. The Balaban J connectivity index is 1.84. The molecule has 9 nitrogen and oxygen atoms in total. The average molecular weight is 526 g/mol. The highest BCUT2D eigenvalue weighted by Crippen LogP contribution is 2.26. The van der Waals surface area contributed by atoms with Crippen molar-refractivity contribution in [1.29, 1.82) is 0 Å². The van der Waals surface area contributed by atoms with Gasteiger partial charge in [-0.25, -0.2) is 8.42 Å². The molecule has 0 saturated carbocycles. The molecule has 0 aliphatic carbocycles. The fraction of sp³-hybridized carbons (Fsp3) is 0.259. The number of amides is 2. The van der Waals surface area contributed by atoms with Crippen molar-refractivity contribution in [3.8, 4) is 5.75 Å². The van der Waals surface area contributed by atoms with Gasteiger partial charge >= 0.3 is 0 Å². The molecule has 0 atom stereocenters. The number of rotatable bonds is 13.